The van der Waals surface area contributed by atoms with Crippen LogP contribution in [0, 0.1) is 0 Å². The highest BCUT2D eigenvalue weighted by Crippen LogP contribution is 2.12. The first-order valence-corrected chi connectivity index (χ1v) is 6.50. The van der Waals surface area contributed by atoms with Crippen LogP contribution >= 0.6 is 0 Å². The van der Waals surface area contributed by atoms with Crippen LogP contribution in [0.1, 0.15) is 11.1 Å². The molecule has 0 saturated heterocycles. The Hall–Kier alpha value is -2.33. The molecular weight excluding hydrogens is 252 g/mol. The van der Waals surface area contributed by atoms with E-state index in [0.29, 0.717) is 18.8 Å². The largest absolute Gasteiger partial charge is 0.484 e. The molecule has 4 heteroatoms. The quantitative estimate of drug-likeness (QED) is 0.842. The number of nitrogens with two attached hydrogens (primary N) is 1. The summed E-state index contributed by atoms with van der Waals surface area (Å²) >= 11 is 0. The van der Waals surface area contributed by atoms with Gasteiger partial charge in [0.05, 0.1) is 0 Å². The van der Waals surface area contributed by atoms with Crippen molar-refractivity contribution in [2.45, 2.75) is 13.1 Å². The van der Waals surface area contributed by atoms with Gasteiger partial charge in [0.15, 0.2) is 6.61 Å². The summed E-state index contributed by atoms with van der Waals surface area (Å²) in [6, 6.07) is 17.2. The Morgan fingerprint density at radius 1 is 1.05 bits per heavy atom. The number of hydrogen-bond donors (Lipinski definition) is 2. The zero-order valence-electron chi connectivity index (χ0n) is 11.2. The van der Waals surface area contributed by atoms with Crippen LogP contribution in [0.2, 0.25) is 0 Å². The van der Waals surface area contributed by atoms with Gasteiger partial charge >= 0.3 is 0 Å². The van der Waals surface area contributed by atoms with Crippen molar-refractivity contribution in [2.75, 3.05) is 6.61 Å². The molecule has 2 aromatic rings. The van der Waals surface area contributed by atoms with Crippen LogP contribution in [-0.4, -0.2) is 12.5 Å². The van der Waals surface area contributed by atoms with E-state index in [2.05, 4.69) is 5.32 Å². The third kappa shape index (κ3) is 4.40. The standard InChI is InChI=1S/C16H18N2O2/c17-10-14-7-4-8-15(9-14)20-12-16(19)18-11-13-5-2-1-3-6-13/h1-9H,10-12,17H2,(H,18,19). The molecule has 0 aliphatic carbocycles. The summed E-state index contributed by atoms with van der Waals surface area (Å²) in [5.74, 6) is 0.509. The molecule has 0 unspecified atom stereocenters. The smallest absolute Gasteiger partial charge is 0.258 e. The molecule has 0 spiro atoms. The predicted octanol–water partition coefficient (Wildman–Crippen LogP) is 1.84. The molecule has 104 valence electrons. The average Bonchev–Trinajstić information content (AvgIpc) is 2.52. The van der Waals surface area contributed by atoms with E-state index in [4.69, 9.17) is 10.5 Å². The van der Waals surface area contributed by atoms with Crippen LogP contribution in [0.5, 0.6) is 5.75 Å². The van der Waals surface area contributed by atoms with Crippen molar-refractivity contribution in [1.82, 2.24) is 5.32 Å². The van der Waals surface area contributed by atoms with Gasteiger partial charge in [0.2, 0.25) is 0 Å². The minimum Gasteiger partial charge on any atom is -0.484 e. The molecule has 3 N–H and O–H groups in total. The molecule has 0 aromatic heterocycles. The van der Waals surface area contributed by atoms with Gasteiger partial charge in [-0.05, 0) is 23.3 Å². The Labute approximate surface area is 118 Å². The second-order valence-corrected chi connectivity index (χ2v) is 4.40. The maximum atomic E-state index is 11.7. The molecular formula is C16H18N2O2. The van der Waals surface area contributed by atoms with Crippen LogP contribution < -0.4 is 15.8 Å². The third-order valence-electron chi connectivity index (χ3n) is 2.84. The number of carbonyl (C=O) groups is 1. The molecule has 0 atom stereocenters. The first-order valence-electron chi connectivity index (χ1n) is 6.50. The molecule has 1 amide bonds. The highest BCUT2D eigenvalue weighted by molar-refractivity contribution is 5.77. The Morgan fingerprint density at radius 2 is 1.80 bits per heavy atom. The molecule has 0 saturated carbocycles. The fourth-order valence-electron chi connectivity index (χ4n) is 1.76. The van der Waals surface area contributed by atoms with Crippen molar-refractivity contribution in [1.29, 1.82) is 0 Å². The minimum absolute atomic E-state index is 0.000852. The monoisotopic (exact) mass is 270 g/mol. The molecule has 4 nitrogen and oxygen atoms in total. The molecule has 0 aliphatic rings. The zero-order valence-corrected chi connectivity index (χ0v) is 11.2. The zero-order chi connectivity index (χ0) is 14.2. The van der Waals surface area contributed by atoms with Crippen LogP contribution in [0.25, 0.3) is 0 Å². The van der Waals surface area contributed by atoms with E-state index >= 15 is 0 Å². The highest BCUT2D eigenvalue weighted by Gasteiger charge is 2.03. The van der Waals surface area contributed by atoms with E-state index in [1.54, 1.807) is 0 Å². The van der Waals surface area contributed by atoms with E-state index < -0.39 is 0 Å². The molecule has 20 heavy (non-hydrogen) atoms. The highest BCUT2D eigenvalue weighted by atomic mass is 16.5. The predicted molar refractivity (Wildman–Crippen MR) is 78.1 cm³/mol. The summed E-state index contributed by atoms with van der Waals surface area (Å²) < 4.78 is 5.43. The molecule has 0 fully saturated rings. The van der Waals surface area contributed by atoms with E-state index in [1.807, 2.05) is 54.6 Å². The Bertz CT molecular complexity index is 555. The summed E-state index contributed by atoms with van der Waals surface area (Å²) in [7, 11) is 0. The number of ether oxygens (including phenoxy) is 1. The van der Waals surface area contributed by atoms with E-state index in [0.717, 1.165) is 11.1 Å². The van der Waals surface area contributed by atoms with Crippen molar-refractivity contribution in [3.05, 3.63) is 65.7 Å². The second kappa shape index (κ2) is 7.31. The van der Waals surface area contributed by atoms with Crippen LogP contribution in [-0.2, 0) is 17.9 Å². The van der Waals surface area contributed by atoms with Gasteiger partial charge < -0.3 is 15.8 Å². The van der Waals surface area contributed by atoms with Gasteiger partial charge in [-0.25, -0.2) is 0 Å². The Morgan fingerprint density at radius 3 is 2.55 bits per heavy atom. The number of rotatable bonds is 6. The van der Waals surface area contributed by atoms with Gasteiger partial charge in [-0.1, -0.05) is 42.5 Å². The summed E-state index contributed by atoms with van der Waals surface area (Å²) in [5, 5.41) is 2.81. The number of hydrogen-bond acceptors (Lipinski definition) is 3. The van der Waals surface area contributed by atoms with Gasteiger partial charge in [0, 0.05) is 13.1 Å². The molecule has 2 aromatic carbocycles. The summed E-state index contributed by atoms with van der Waals surface area (Å²) in [5.41, 5.74) is 7.59. The summed E-state index contributed by atoms with van der Waals surface area (Å²) in [6.07, 6.45) is 0. The van der Waals surface area contributed by atoms with Crippen molar-refractivity contribution in [3.8, 4) is 5.75 Å². The van der Waals surface area contributed by atoms with Crippen molar-refractivity contribution < 1.29 is 9.53 Å². The van der Waals surface area contributed by atoms with E-state index in [9.17, 15) is 4.79 Å². The lowest BCUT2D eigenvalue weighted by Gasteiger charge is -2.08. The van der Waals surface area contributed by atoms with Crippen LogP contribution in [0.4, 0.5) is 0 Å². The number of benzene rings is 2. The molecule has 2 rings (SSSR count). The van der Waals surface area contributed by atoms with Gasteiger partial charge in [0.1, 0.15) is 5.75 Å². The molecule has 0 radical (unpaired) electrons. The molecule has 0 bridgehead atoms. The summed E-state index contributed by atoms with van der Waals surface area (Å²) in [6.45, 7) is 0.962. The SMILES string of the molecule is NCc1cccc(OCC(=O)NCc2ccccc2)c1. The lowest BCUT2D eigenvalue weighted by atomic mass is 10.2. The van der Waals surface area contributed by atoms with E-state index in [-0.39, 0.29) is 12.5 Å². The normalized spacial score (nSPS) is 10.1. The number of amides is 1. The Balaban J connectivity index is 1.77. The fourth-order valence-corrected chi connectivity index (χ4v) is 1.76. The van der Waals surface area contributed by atoms with Gasteiger partial charge in [0.25, 0.3) is 5.91 Å². The lowest BCUT2D eigenvalue weighted by molar-refractivity contribution is -0.123. The first-order chi connectivity index (χ1) is 9.78. The Kier molecular flexibility index (Phi) is 5.15. The van der Waals surface area contributed by atoms with Crippen molar-refractivity contribution in [3.63, 3.8) is 0 Å². The summed E-state index contributed by atoms with van der Waals surface area (Å²) in [4.78, 5) is 11.7. The van der Waals surface area contributed by atoms with Gasteiger partial charge in [-0.15, -0.1) is 0 Å². The molecule has 0 aliphatic heterocycles. The van der Waals surface area contributed by atoms with Crippen LogP contribution in [0.15, 0.2) is 54.6 Å². The second-order valence-electron chi connectivity index (χ2n) is 4.40. The maximum absolute atomic E-state index is 11.7. The van der Waals surface area contributed by atoms with Gasteiger partial charge in [-0.2, -0.15) is 0 Å². The van der Waals surface area contributed by atoms with Crippen molar-refractivity contribution >= 4 is 5.91 Å². The maximum Gasteiger partial charge on any atom is 0.258 e. The van der Waals surface area contributed by atoms with Crippen LogP contribution in [0.3, 0.4) is 0 Å². The number of nitrogens with one attached hydrogen (secondary N) is 1. The van der Waals surface area contributed by atoms with Crippen molar-refractivity contribution in [2.24, 2.45) is 5.73 Å². The number of carbonyl (C=O) groups excluding carboxylic acids is 1. The third-order valence-corrected chi connectivity index (χ3v) is 2.84. The minimum atomic E-state index is -0.146. The topological polar surface area (TPSA) is 64.3 Å². The van der Waals surface area contributed by atoms with E-state index in [1.165, 1.54) is 0 Å². The first kappa shape index (κ1) is 14.1. The lowest BCUT2D eigenvalue weighted by Crippen LogP contribution is -2.28. The fraction of sp³-hybridized carbons (Fsp3) is 0.188. The van der Waals surface area contributed by atoms with Gasteiger partial charge in [-0.3, -0.25) is 4.79 Å². The molecule has 0 heterocycles. The average molecular weight is 270 g/mol.